The summed E-state index contributed by atoms with van der Waals surface area (Å²) in [5.74, 6) is 0.481. The van der Waals surface area contributed by atoms with Crippen LogP contribution in [0.15, 0.2) is 72.8 Å². The van der Waals surface area contributed by atoms with Gasteiger partial charge in [0.05, 0.1) is 0 Å². The van der Waals surface area contributed by atoms with Crippen LogP contribution in [0.1, 0.15) is 17.5 Å². The van der Waals surface area contributed by atoms with Gasteiger partial charge in [-0.3, -0.25) is 4.79 Å². The summed E-state index contributed by atoms with van der Waals surface area (Å²) in [5, 5.41) is 9.39. The summed E-state index contributed by atoms with van der Waals surface area (Å²) in [7, 11) is 0. The van der Waals surface area contributed by atoms with E-state index in [0.717, 1.165) is 28.0 Å². The van der Waals surface area contributed by atoms with Gasteiger partial charge in [0, 0.05) is 6.42 Å². The fourth-order valence-corrected chi connectivity index (χ4v) is 3.52. The minimum absolute atomic E-state index is 0.321. The van der Waals surface area contributed by atoms with E-state index in [9.17, 15) is 9.90 Å². The van der Waals surface area contributed by atoms with Crippen molar-refractivity contribution in [1.82, 2.24) is 0 Å². The van der Waals surface area contributed by atoms with Crippen molar-refractivity contribution in [3.8, 4) is 22.6 Å². The molecule has 136 valence electrons. The summed E-state index contributed by atoms with van der Waals surface area (Å²) in [6.07, 6.45) is 1.45. The smallest absolute Gasteiger partial charge is 0.324 e. The number of carbonyl (C=O) groups is 1. The lowest BCUT2D eigenvalue weighted by atomic mass is 9.78. The normalized spacial score (nSPS) is 18.6. The molecule has 4 heteroatoms. The van der Waals surface area contributed by atoms with Crippen molar-refractivity contribution in [2.45, 2.75) is 24.8 Å². The maximum atomic E-state index is 11.5. The Hall–Kier alpha value is -3.11. The molecule has 27 heavy (non-hydrogen) atoms. The van der Waals surface area contributed by atoms with E-state index < -0.39 is 11.5 Å². The number of ether oxygens (including phenoxy) is 1. The number of hydrogen-bond acceptors (Lipinski definition) is 3. The van der Waals surface area contributed by atoms with Gasteiger partial charge in [-0.15, -0.1) is 0 Å². The molecule has 0 radical (unpaired) electrons. The van der Waals surface area contributed by atoms with Crippen molar-refractivity contribution in [2.75, 3.05) is 0 Å². The van der Waals surface area contributed by atoms with Crippen LogP contribution in [-0.2, 0) is 17.6 Å². The molecule has 4 nitrogen and oxygen atoms in total. The van der Waals surface area contributed by atoms with Crippen LogP contribution < -0.4 is 10.5 Å². The number of benzene rings is 3. The van der Waals surface area contributed by atoms with Gasteiger partial charge in [-0.25, -0.2) is 0 Å². The minimum atomic E-state index is -1.19. The maximum absolute atomic E-state index is 11.5. The molecule has 1 aliphatic rings. The fourth-order valence-electron chi connectivity index (χ4n) is 3.52. The van der Waals surface area contributed by atoms with Crippen LogP contribution in [0, 0.1) is 0 Å². The highest BCUT2D eigenvalue weighted by atomic mass is 16.5. The highest BCUT2D eigenvalue weighted by Crippen LogP contribution is 2.32. The molecular formula is C23H21NO3. The lowest BCUT2D eigenvalue weighted by molar-refractivity contribution is -0.143. The quantitative estimate of drug-likeness (QED) is 0.723. The Kier molecular flexibility index (Phi) is 4.42. The van der Waals surface area contributed by atoms with Crippen molar-refractivity contribution >= 4 is 5.97 Å². The van der Waals surface area contributed by atoms with Crippen molar-refractivity contribution in [1.29, 1.82) is 0 Å². The number of aryl methyl sites for hydroxylation is 1. The Morgan fingerprint density at radius 3 is 2.26 bits per heavy atom. The van der Waals surface area contributed by atoms with E-state index in [0.29, 0.717) is 25.0 Å². The maximum Gasteiger partial charge on any atom is 0.324 e. The van der Waals surface area contributed by atoms with Gasteiger partial charge < -0.3 is 15.6 Å². The monoisotopic (exact) mass is 359 g/mol. The van der Waals surface area contributed by atoms with Gasteiger partial charge in [0.1, 0.15) is 17.0 Å². The molecule has 0 saturated carbocycles. The topological polar surface area (TPSA) is 72.6 Å². The first-order valence-corrected chi connectivity index (χ1v) is 9.01. The summed E-state index contributed by atoms with van der Waals surface area (Å²) < 4.78 is 5.98. The van der Waals surface area contributed by atoms with Crippen LogP contribution in [0.25, 0.3) is 11.1 Å². The summed E-state index contributed by atoms with van der Waals surface area (Å²) in [6, 6.07) is 23.9. The summed E-state index contributed by atoms with van der Waals surface area (Å²) >= 11 is 0. The Morgan fingerprint density at radius 2 is 1.56 bits per heavy atom. The average molecular weight is 359 g/mol. The van der Waals surface area contributed by atoms with E-state index in [1.807, 2.05) is 60.7 Å². The number of hydrogen-bond donors (Lipinski definition) is 2. The molecule has 0 amide bonds. The summed E-state index contributed by atoms with van der Waals surface area (Å²) in [4.78, 5) is 11.5. The van der Waals surface area contributed by atoms with Gasteiger partial charge in [-0.2, -0.15) is 0 Å². The van der Waals surface area contributed by atoms with Gasteiger partial charge in [-0.1, -0.05) is 48.5 Å². The lowest BCUT2D eigenvalue weighted by Crippen LogP contribution is -2.52. The molecule has 4 rings (SSSR count). The Bertz CT molecular complexity index is 967. The first kappa shape index (κ1) is 17.3. The zero-order valence-corrected chi connectivity index (χ0v) is 14.9. The number of carboxylic acids is 1. The van der Waals surface area contributed by atoms with Gasteiger partial charge in [0.25, 0.3) is 0 Å². The lowest BCUT2D eigenvalue weighted by Gasteiger charge is -2.30. The van der Waals surface area contributed by atoms with E-state index in [4.69, 9.17) is 10.5 Å². The molecular weight excluding hydrogens is 338 g/mol. The summed E-state index contributed by atoms with van der Waals surface area (Å²) in [6.45, 7) is 0. The third-order valence-electron chi connectivity index (χ3n) is 5.15. The Morgan fingerprint density at radius 1 is 0.889 bits per heavy atom. The number of rotatable bonds is 4. The molecule has 1 atom stereocenters. The standard InChI is InChI=1S/C23H21NO3/c24-23(22(25)26)13-12-18-8-11-21(14-19(18)15-23)27-20-9-6-17(7-10-20)16-4-2-1-3-5-16/h1-11,14H,12-13,15,24H2,(H,25,26). The van der Waals surface area contributed by atoms with Crippen molar-refractivity contribution in [3.63, 3.8) is 0 Å². The zero-order chi connectivity index (χ0) is 18.9. The molecule has 1 aliphatic carbocycles. The van der Waals surface area contributed by atoms with Crippen LogP contribution >= 0.6 is 0 Å². The van der Waals surface area contributed by atoms with Gasteiger partial charge in [-0.05, 0) is 59.4 Å². The van der Waals surface area contributed by atoms with E-state index in [1.165, 1.54) is 0 Å². The van der Waals surface area contributed by atoms with Gasteiger partial charge >= 0.3 is 5.97 Å². The van der Waals surface area contributed by atoms with E-state index in [2.05, 4.69) is 12.1 Å². The zero-order valence-electron chi connectivity index (χ0n) is 14.9. The molecule has 0 aromatic heterocycles. The highest BCUT2D eigenvalue weighted by molar-refractivity contribution is 5.79. The molecule has 0 fully saturated rings. The van der Waals surface area contributed by atoms with Crippen LogP contribution in [0.2, 0.25) is 0 Å². The Balaban J connectivity index is 1.53. The third-order valence-corrected chi connectivity index (χ3v) is 5.15. The van der Waals surface area contributed by atoms with Gasteiger partial charge in [0.15, 0.2) is 0 Å². The molecule has 0 aliphatic heterocycles. The van der Waals surface area contributed by atoms with Crippen LogP contribution in [0.3, 0.4) is 0 Å². The second-order valence-corrected chi connectivity index (χ2v) is 7.06. The van der Waals surface area contributed by atoms with Crippen LogP contribution in [0.5, 0.6) is 11.5 Å². The molecule has 0 bridgehead atoms. The van der Waals surface area contributed by atoms with Crippen molar-refractivity contribution in [2.24, 2.45) is 5.73 Å². The van der Waals surface area contributed by atoms with Crippen LogP contribution in [0.4, 0.5) is 0 Å². The third kappa shape index (κ3) is 3.57. The number of nitrogens with two attached hydrogens (primary N) is 1. The molecule has 1 unspecified atom stereocenters. The molecule has 3 aromatic rings. The predicted molar refractivity (Wildman–Crippen MR) is 105 cm³/mol. The van der Waals surface area contributed by atoms with Crippen molar-refractivity contribution < 1.29 is 14.6 Å². The fraction of sp³-hybridized carbons (Fsp3) is 0.174. The second-order valence-electron chi connectivity index (χ2n) is 7.06. The minimum Gasteiger partial charge on any atom is -0.480 e. The number of carboxylic acid groups (broad SMARTS) is 1. The van der Waals surface area contributed by atoms with E-state index >= 15 is 0 Å². The van der Waals surface area contributed by atoms with Crippen LogP contribution in [-0.4, -0.2) is 16.6 Å². The molecule has 0 spiro atoms. The number of aliphatic carboxylic acids is 1. The largest absolute Gasteiger partial charge is 0.480 e. The molecule has 0 saturated heterocycles. The highest BCUT2D eigenvalue weighted by Gasteiger charge is 2.37. The second kappa shape index (κ2) is 6.89. The Labute approximate surface area is 158 Å². The average Bonchev–Trinajstić information content (AvgIpc) is 2.69. The molecule has 3 N–H and O–H groups in total. The van der Waals surface area contributed by atoms with Crippen molar-refractivity contribution in [3.05, 3.63) is 83.9 Å². The van der Waals surface area contributed by atoms with E-state index in [1.54, 1.807) is 0 Å². The molecule has 0 heterocycles. The van der Waals surface area contributed by atoms with E-state index in [-0.39, 0.29) is 0 Å². The summed E-state index contributed by atoms with van der Waals surface area (Å²) in [5.41, 5.74) is 9.24. The SMILES string of the molecule is NC1(C(=O)O)CCc2ccc(Oc3ccc(-c4ccccc4)cc3)cc2C1. The molecule has 3 aromatic carbocycles. The first-order valence-electron chi connectivity index (χ1n) is 9.01. The predicted octanol–water partition coefficient (Wildman–Crippen LogP) is 4.42. The van der Waals surface area contributed by atoms with Gasteiger partial charge in [0.2, 0.25) is 0 Å². The number of fused-ring (bicyclic) bond motifs is 1. The first-order chi connectivity index (χ1) is 13.0.